The number of halogens is 1. The van der Waals surface area contributed by atoms with Gasteiger partial charge >= 0.3 is 0 Å². The minimum atomic E-state index is -0.565. The van der Waals surface area contributed by atoms with Crippen LogP contribution in [0.15, 0.2) is 52.2 Å². The Morgan fingerprint density at radius 2 is 2.28 bits per heavy atom. The average Bonchev–Trinajstić information content (AvgIpc) is 3.13. The van der Waals surface area contributed by atoms with Gasteiger partial charge in [-0.05, 0) is 35.9 Å². The molecule has 3 unspecified atom stereocenters. The summed E-state index contributed by atoms with van der Waals surface area (Å²) in [4.78, 5) is 16.0. The minimum absolute atomic E-state index is 0.0247. The number of rotatable bonds is 4. The van der Waals surface area contributed by atoms with Crippen molar-refractivity contribution in [2.75, 3.05) is 13.2 Å². The molecule has 0 aromatic carbocycles. The first-order chi connectivity index (χ1) is 14.0. The van der Waals surface area contributed by atoms with E-state index in [-0.39, 0.29) is 12.1 Å². The molecule has 0 bridgehead atoms. The summed E-state index contributed by atoms with van der Waals surface area (Å²) >= 11 is 3.42. The van der Waals surface area contributed by atoms with Gasteiger partial charge < -0.3 is 15.8 Å². The lowest BCUT2D eigenvalue weighted by Gasteiger charge is -2.47. The molecule has 4 heterocycles. The Kier molecular flexibility index (Phi) is 5.24. The van der Waals surface area contributed by atoms with Crippen molar-refractivity contribution in [1.29, 1.82) is 0 Å². The standard InChI is InChI=1S/C19H23BrN8O/c1-12-17(13(7-21)8-22)29-6-5-28(12)19(2)3-4-23-18(26-19)14-9-25-16-10-24-15(20)11-27(14)16/h3-4,7-12,17,21H,5-6,22H2,1-2H3,(H,23,26)/p+1/b13-8+,21-7?. The summed E-state index contributed by atoms with van der Waals surface area (Å²) in [5.41, 5.74) is 7.55. The van der Waals surface area contributed by atoms with Crippen molar-refractivity contribution in [3.8, 4) is 0 Å². The second-order valence-corrected chi connectivity index (χ2v) is 7.99. The molecule has 5 N–H and O–H groups in total. The molecule has 9 nitrogen and oxygen atoms in total. The number of aromatic nitrogens is 3. The maximum atomic E-state index is 5.95. The highest BCUT2D eigenvalue weighted by Gasteiger charge is 2.41. The van der Waals surface area contributed by atoms with Crippen LogP contribution < -0.4 is 16.5 Å². The zero-order valence-corrected chi connectivity index (χ0v) is 17.9. The van der Waals surface area contributed by atoms with Gasteiger partial charge in [-0.15, -0.1) is 0 Å². The van der Waals surface area contributed by atoms with Crippen molar-refractivity contribution in [3.63, 3.8) is 0 Å². The highest BCUT2D eigenvalue weighted by Crippen LogP contribution is 2.30. The van der Waals surface area contributed by atoms with Gasteiger partial charge in [-0.1, -0.05) is 0 Å². The Morgan fingerprint density at radius 1 is 1.45 bits per heavy atom. The molecule has 2 aromatic rings. The number of nitrogens with two attached hydrogens (primary N) is 2. The van der Waals surface area contributed by atoms with Gasteiger partial charge in [0.05, 0.1) is 24.6 Å². The predicted octanol–water partition coefficient (Wildman–Crippen LogP) is -0.167. The van der Waals surface area contributed by atoms with Crippen molar-refractivity contribution in [3.05, 3.63) is 52.9 Å². The number of fused-ring (bicyclic) bond motifs is 1. The average molecular weight is 460 g/mol. The second kappa shape index (κ2) is 7.69. The van der Waals surface area contributed by atoms with E-state index in [1.807, 2.05) is 22.9 Å². The van der Waals surface area contributed by atoms with Crippen LogP contribution in [-0.4, -0.2) is 62.3 Å². The van der Waals surface area contributed by atoms with Gasteiger partial charge in [0.1, 0.15) is 22.1 Å². The van der Waals surface area contributed by atoms with E-state index in [1.54, 1.807) is 12.4 Å². The maximum Gasteiger partial charge on any atom is 0.167 e. The highest BCUT2D eigenvalue weighted by atomic mass is 79.9. The molecule has 0 radical (unpaired) electrons. The summed E-state index contributed by atoms with van der Waals surface area (Å²) < 4.78 is 8.63. The van der Waals surface area contributed by atoms with Crippen LogP contribution in [0.3, 0.4) is 0 Å². The molecule has 2 aliphatic rings. The number of hydrogen-bond donors (Lipinski definition) is 3. The van der Waals surface area contributed by atoms with E-state index in [1.165, 1.54) is 12.4 Å². The smallest absolute Gasteiger partial charge is 0.167 e. The molecule has 10 heteroatoms. The third-order valence-electron chi connectivity index (χ3n) is 5.42. The number of hydrogen-bond acceptors (Lipinski definition) is 7. The van der Waals surface area contributed by atoms with Gasteiger partial charge in [0.15, 0.2) is 17.7 Å². The van der Waals surface area contributed by atoms with Gasteiger partial charge in [-0.2, -0.15) is 0 Å². The van der Waals surface area contributed by atoms with E-state index >= 15 is 0 Å². The lowest BCUT2D eigenvalue weighted by molar-refractivity contribution is -0.110. The molecular formula is C19H24BrN8O+. The molecule has 1 saturated heterocycles. The molecule has 1 fully saturated rings. The van der Waals surface area contributed by atoms with Crippen LogP contribution in [0.25, 0.3) is 5.65 Å². The molecule has 152 valence electrons. The van der Waals surface area contributed by atoms with Crippen molar-refractivity contribution in [2.24, 2.45) is 10.7 Å². The van der Waals surface area contributed by atoms with E-state index in [0.29, 0.717) is 6.61 Å². The van der Waals surface area contributed by atoms with Crippen LogP contribution in [0.2, 0.25) is 0 Å². The lowest BCUT2D eigenvalue weighted by Crippen LogP contribution is -2.60. The van der Waals surface area contributed by atoms with Gasteiger partial charge in [-0.25, -0.2) is 15.0 Å². The second-order valence-electron chi connectivity index (χ2n) is 7.17. The molecule has 4 rings (SSSR count). The van der Waals surface area contributed by atoms with Crippen LogP contribution in [0.4, 0.5) is 0 Å². The molecule has 0 aliphatic carbocycles. The van der Waals surface area contributed by atoms with Gasteiger partial charge in [-0.3, -0.25) is 14.7 Å². The molecular weight excluding hydrogens is 436 g/mol. The number of nitrogens with one attached hydrogen (secondary N) is 1. The van der Waals surface area contributed by atoms with Crippen LogP contribution in [-0.2, 0) is 4.74 Å². The topological polar surface area (TPSA) is 119 Å². The first-order valence-corrected chi connectivity index (χ1v) is 10.1. The maximum absolute atomic E-state index is 5.95. The zero-order chi connectivity index (χ0) is 20.6. The van der Waals surface area contributed by atoms with Crippen molar-refractivity contribution in [1.82, 2.24) is 24.6 Å². The summed E-state index contributed by atoms with van der Waals surface area (Å²) in [6.07, 6.45) is 12.1. The Hall–Kier alpha value is -2.56. The Balaban J connectivity index is 1.70. The fraction of sp³-hybridized carbons (Fsp3) is 0.368. The van der Waals surface area contributed by atoms with Crippen LogP contribution in [0.1, 0.15) is 19.5 Å². The summed E-state index contributed by atoms with van der Waals surface area (Å²) in [6, 6.07) is 0.0247. The third-order valence-corrected chi connectivity index (χ3v) is 5.83. The third kappa shape index (κ3) is 3.47. The number of aliphatic imine (C=N–C) groups is 1. The number of nitrogens with zero attached hydrogens (tertiary/aromatic N) is 5. The number of imidazole rings is 1. The van der Waals surface area contributed by atoms with E-state index in [0.717, 1.165) is 33.9 Å². The normalized spacial score (nSPS) is 28.2. The summed E-state index contributed by atoms with van der Waals surface area (Å²) in [6.45, 7) is 5.49. The van der Waals surface area contributed by atoms with E-state index < -0.39 is 5.66 Å². The summed E-state index contributed by atoms with van der Waals surface area (Å²) in [5.74, 6) is 0.732. The van der Waals surface area contributed by atoms with Crippen LogP contribution >= 0.6 is 15.9 Å². The SMILES string of the molecule is CC1C(/C(C=[NH2+])=C/N)OCCN1C1(C)C=CNC(c2cnc3cnc(Br)cn23)=N1. The van der Waals surface area contributed by atoms with E-state index in [9.17, 15) is 0 Å². The summed E-state index contributed by atoms with van der Waals surface area (Å²) in [5, 5.41) is 9.00. The Morgan fingerprint density at radius 3 is 3.03 bits per heavy atom. The fourth-order valence-corrected chi connectivity index (χ4v) is 4.26. The minimum Gasteiger partial charge on any atom is -0.404 e. The van der Waals surface area contributed by atoms with E-state index in [4.69, 9.17) is 20.9 Å². The van der Waals surface area contributed by atoms with Gasteiger partial charge in [0.2, 0.25) is 0 Å². The number of amidine groups is 1. The molecule has 29 heavy (non-hydrogen) atoms. The zero-order valence-electron chi connectivity index (χ0n) is 16.3. The molecule has 2 aliphatic heterocycles. The fourth-order valence-electron chi connectivity index (χ4n) is 3.95. The molecule has 3 atom stereocenters. The van der Waals surface area contributed by atoms with Gasteiger partial charge in [0.25, 0.3) is 0 Å². The summed E-state index contributed by atoms with van der Waals surface area (Å²) in [7, 11) is 0. The predicted molar refractivity (Wildman–Crippen MR) is 114 cm³/mol. The quantitative estimate of drug-likeness (QED) is 0.546. The van der Waals surface area contributed by atoms with E-state index in [2.05, 4.69) is 50.0 Å². The molecule has 2 aromatic heterocycles. The number of morpholine rings is 1. The Bertz CT molecular complexity index is 1030. The lowest BCUT2D eigenvalue weighted by atomic mass is 9.97. The Labute approximate surface area is 177 Å². The van der Waals surface area contributed by atoms with Crippen molar-refractivity contribution < 1.29 is 10.1 Å². The van der Waals surface area contributed by atoms with Crippen molar-refractivity contribution >= 4 is 33.6 Å². The van der Waals surface area contributed by atoms with Crippen LogP contribution in [0, 0.1) is 0 Å². The first-order valence-electron chi connectivity index (χ1n) is 9.35. The van der Waals surface area contributed by atoms with Crippen LogP contribution in [0.5, 0.6) is 0 Å². The highest BCUT2D eigenvalue weighted by molar-refractivity contribution is 9.10. The largest absolute Gasteiger partial charge is 0.404 e. The monoisotopic (exact) mass is 459 g/mol. The molecule has 0 amide bonds. The number of ether oxygens (including phenoxy) is 1. The first kappa shape index (κ1) is 19.7. The van der Waals surface area contributed by atoms with Crippen molar-refractivity contribution in [2.45, 2.75) is 31.7 Å². The van der Waals surface area contributed by atoms with Gasteiger partial charge in [0, 0.05) is 31.2 Å². The molecule has 0 saturated carbocycles. The molecule has 0 spiro atoms.